The van der Waals surface area contributed by atoms with Crippen molar-refractivity contribution in [3.8, 4) is 17.1 Å². The molecule has 162 valence electrons. The van der Waals surface area contributed by atoms with E-state index >= 15 is 0 Å². The first-order chi connectivity index (χ1) is 15.5. The summed E-state index contributed by atoms with van der Waals surface area (Å²) >= 11 is 1.40. The van der Waals surface area contributed by atoms with Crippen molar-refractivity contribution in [1.29, 1.82) is 0 Å². The van der Waals surface area contributed by atoms with Gasteiger partial charge in [-0.3, -0.25) is 9.59 Å². The highest BCUT2D eigenvalue weighted by atomic mass is 32.2. The van der Waals surface area contributed by atoms with E-state index < -0.39 is 0 Å². The van der Waals surface area contributed by atoms with Crippen molar-refractivity contribution in [3.63, 3.8) is 0 Å². The summed E-state index contributed by atoms with van der Waals surface area (Å²) in [6.07, 6.45) is 0.118. The van der Waals surface area contributed by atoms with Crippen LogP contribution in [0.1, 0.15) is 17.5 Å². The molecule has 1 amide bonds. The molecule has 0 saturated carbocycles. The summed E-state index contributed by atoms with van der Waals surface area (Å²) in [5.74, 6) is 0.628. The number of benzene rings is 2. The van der Waals surface area contributed by atoms with Gasteiger partial charge >= 0.3 is 5.97 Å². The van der Waals surface area contributed by atoms with E-state index in [9.17, 15) is 9.59 Å². The SMILES string of the molecule is COC(=O)CC1Sc2nnc(-c3ccc(C)cc3)n2N=C1c1ccc2c(c1)NC(=O)CO2. The number of carbonyl (C=O) groups excluding carboxylic acids is 2. The van der Waals surface area contributed by atoms with Crippen molar-refractivity contribution >= 4 is 35.0 Å². The number of hydrogen-bond donors (Lipinski definition) is 1. The molecule has 0 bridgehead atoms. The van der Waals surface area contributed by atoms with Crippen LogP contribution in [-0.2, 0) is 14.3 Å². The van der Waals surface area contributed by atoms with Crippen LogP contribution in [0.25, 0.3) is 11.4 Å². The van der Waals surface area contributed by atoms with Gasteiger partial charge < -0.3 is 14.8 Å². The molecule has 0 aliphatic carbocycles. The predicted octanol–water partition coefficient (Wildman–Crippen LogP) is 2.87. The summed E-state index contributed by atoms with van der Waals surface area (Å²) in [6, 6.07) is 13.4. The van der Waals surface area contributed by atoms with E-state index in [0.29, 0.717) is 28.1 Å². The van der Waals surface area contributed by atoms with Crippen LogP contribution in [-0.4, -0.2) is 51.4 Å². The lowest BCUT2D eigenvalue weighted by Gasteiger charge is -2.24. The molecule has 0 fully saturated rings. The van der Waals surface area contributed by atoms with Gasteiger partial charge in [0, 0.05) is 11.1 Å². The number of anilines is 1. The first-order valence-corrected chi connectivity index (χ1v) is 10.8. The van der Waals surface area contributed by atoms with Gasteiger partial charge in [0.15, 0.2) is 12.4 Å². The first-order valence-electron chi connectivity index (χ1n) is 9.93. The van der Waals surface area contributed by atoms with Gasteiger partial charge in [0.2, 0.25) is 5.16 Å². The number of carbonyl (C=O) groups is 2. The summed E-state index contributed by atoms with van der Waals surface area (Å²) in [4.78, 5) is 23.9. The van der Waals surface area contributed by atoms with Gasteiger partial charge in [-0.1, -0.05) is 41.6 Å². The molecule has 0 radical (unpaired) electrons. The number of thioether (sulfide) groups is 1. The summed E-state index contributed by atoms with van der Waals surface area (Å²) in [5, 5.41) is 16.5. The summed E-state index contributed by atoms with van der Waals surface area (Å²) < 4.78 is 12.0. The maximum atomic E-state index is 12.1. The van der Waals surface area contributed by atoms with Crippen LogP contribution in [0.15, 0.2) is 52.7 Å². The number of amides is 1. The zero-order chi connectivity index (χ0) is 22.2. The molecule has 2 aliphatic heterocycles. The fourth-order valence-electron chi connectivity index (χ4n) is 3.53. The standard InChI is InChI=1S/C22H19N5O4S/c1-12-3-5-13(6-4-12)21-24-25-22-27(21)26-20(17(32-22)10-19(29)30-2)14-7-8-16-15(9-14)23-18(28)11-31-16/h3-9,17H,10-11H2,1-2H3,(H,23,28). The van der Waals surface area contributed by atoms with Crippen LogP contribution in [0, 0.1) is 6.92 Å². The summed E-state index contributed by atoms with van der Waals surface area (Å²) in [7, 11) is 1.36. The number of hydrogen-bond acceptors (Lipinski definition) is 8. The molecular weight excluding hydrogens is 430 g/mol. The van der Waals surface area contributed by atoms with Gasteiger partial charge in [-0.05, 0) is 25.1 Å². The van der Waals surface area contributed by atoms with Gasteiger partial charge in [0.25, 0.3) is 5.91 Å². The predicted molar refractivity (Wildman–Crippen MR) is 119 cm³/mol. The van der Waals surface area contributed by atoms with Gasteiger partial charge in [0.1, 0.15) is 5.75 Å². The van der Waals surface area contributed by atoms with Crippen molar-refractivity contribution in [2.24, 2.45) is 5.10 Å². The third-order valence-corrected chi connectivity index (χ3v) is 6.31. The van der Waals surface area contributed by atoms with Gasteiger partial charge in [-0.25, -0.2) is 0 Å². The number of nitrogens with one attached hydrogen (secondary N) is 1. The zero-order valence-electron chi connectivity index (χ0n) is 17.4. The minimum atomic E-state index is -0.350. The number of esters is 1. The third-order valence-electron chi connectivity index (χ3n) is 5.17. The van der Waals surface area contributed by atoms with Crippen molar-refractivity contribution < 1.29 is 19.1 Å². The Bertz CT molecular complexity index is 1250. The molecule has 3 heterocycles. The fraction of sp³-hybridized carbons (Fsp3) is 0.227. The Morgan fingerprint density at radius 3 is 2.78 bits per heavy atom. The zero-order valence-corrected chi connectivity index (χ0v) is 18.2. The molecule has 3 aromatic rings. The second-order valence-corrected chi connectivity index (χ2v) is 8.57. The lowest BCUT2D eigenvalue weighted by Crippen LogP contribution is -2.29. The summed E-state index contributed by atoms with van der Waals surface area (Å²) in [6.45, 7) is 2.00. The normalized spacial score (nSPS) is 16.9. The molecule has 1 aromatic heterocycles. The minimum absolute atomic E-state index is 0.0158. The molecule has 2 aliphatic rings. The van der Waals surface area contributed by atoms with Crippen molar-refractivity contribution in [3.05, 3.63) is 53.6 Å². The average molecular weight is 449 g/mol. The second-order valence-electron chi connectivity index (χ2n) is 7.40. The van der Waals surface area contributed by atoms with Gasteiger partial charge in [-0.15, -0.1) is 10.2 Å². The van der Waals surface area contributed by atoms with E-state index in [2.05, 4.69) is 15.5 Å². The Labute approximate surface area is 187 Å². The van der Waals surface area contributed by atoms with Crippen molar-refractivity contribution in [2.45, 2.75) is 23.8 Å². The van der Waals surface area contributed by atoms with Crippen molar-refractivity contribution in [2.75, 3.05) is 19.0 Å². The van der Waals surface area contributed by atoms with Crippen LogP contribution >= 0.6 is 11.8 Å². The van der Waals surface area contributed by atoms with Gasteiger partial charge in [-0.2, -0.15) is 9.78 Å². The number of fused-ring (bicyclic) bond motifs is 2. The number of rotatable bonds is 4. The molecule has 0 saturated heterocycles. The maximum Gasteiger partial charge on any atom is 0.307 e. The lowest BCUT2D eigenvalue weighted by molar-refractivity contribution is -0.140. The summed E-state index contributed by atoms with van der Waals surface area (Å²) in [5.41, 5.74) is 4.00. The number of aryl methyl sites for hydroxylation is 1. The van der Waals surface area contributed by atoms with Crippen LogP contribution in [0.3, 0.4) is 0 Å². The molecule has 10 heteroatoms. The van der Waals surface area contributed by atoms with E-state index in [1.165, 1.54) is 18.9 Å². The molecule has 2 aromatic carbocycles. The molecule has 5 rings (SSSR count). The lowest BCUT2D eigenvalue weighted by atomic mass is 10.0. The number of nitrogens with zero attached hydrogens (tertiary/aromatic N) is 4. The molecule has 1 unspecified atom stereocenters. The van der Waals surface area contributed by atoms with E-state index in [4.69, 9.17) is 14.6 Å². The van der Waals surface area contributed by atoms with Gasteiger partial charge in [0.05, 0.1) is 30.2 Å². The van der Waals surface area contributed by atoms with Crippen LogP contribution in [0.4, 0.5) is 5.69 Å². The van der Waals surface area contributed by atoms with E-state index in [1.54, 1.807) is 16.8 Å². The molecule has 0 spiro atoms. The highest BCUT2D eigenvalue weighted by Gasteiger charge is 2.32. The largest absolute Gasteiger partial charge is 0.482 e. The molecule has 1 N–H and O–H groups in total. The Morgan fingerprint density at radius 2 is 2.00 bits per heavy atom. The molecular formula is C22H19N5O4S. The van der Waals surface area contributed by atoms with Crippen LogP contribution in [0.5, 0.6) is 5.75 Å². The second kappa shape index (κ2) is 8.12. The molecule has 32 heavy (non-hydrogen) atoms. The number of methoxy groups -OCH3 is 1. The minimum Gasteiger partial charge on any atom is -0.482 e. The quantitative estimate of drug-likeness (QED) is 0.610. The monoisotopic (exact) mass is 449 g/mol. The Morgan fingerprint density at radius 1 is 1.22 bits per heavy atom. The van der Waals surface area contributed by atoms with Crippen LogP contribution in [0.2, 0.25) is 0 Å². The average Bonchev–Trinajstić information content (AvgIpc) is 3.21. The smallest absolute Gasteiger partial charge is 0.307 e. The topological polar surface area (TPSA) is 108 Å². The molecule has 1 atom stereocenters. The molecule has 9 nitrogen and oxygen atoms in total. The van der Waals surface area contributed by atoms with E-state index in [0.717, 1.165) is 16.7 Å². The fourth-order valence-corrected chi connectivity index (χ4v) is 4.61. The van der Waals surface area contributed by atoms with E-state index in [-0.39, 0.29) is 30.2 Å². The number of aromatic nitrogens is 3. The Balaban J connectivity index is 1.60. The highest BCUT2D eigenvalue weighted by Crippen LogP contribution is 2.36. The maximum absolute atomic E-state index is 12.1. The van der Waals surface area contributed by atoms with Crippen LogP contribution < -0.4 is 10.1 Å². The highest BCUT2D eigenvalue weighted by molar-refractivity contribution is 8.00. The van der Waals surface area contributed by atoms with Crippen molar-refractivity contribution in [1.82, 2.24) is 14.9 Å². The third kappa shape index (κ3) is 3.73. The first kappa shape index (κ1) is 20.3. The Kier molecular flexibility index (Phi) is 5.14. The Hall–Kier alpha value is -3.66. The van der Waals surface area contributed by atoms with E-state index in [1.807, 2.05) is 37.3 Å². The number of ether oxygens (including phenoxy) is 2.